The molecule has 0 spiro atoms. The van der Waals surface area contributed by atoms with Gasteiger partial charge in [0.25, 0.3) is 5.91 Å². The Kier molecular flexibility index (Phi) is 8.23. The second kappa shape index (κ2) is 11.6. The highest BCUT2D eigenvalue weighted by molar-refractivity contribution is 5.96. The van der Waals surface area contributed by atoms with Crippen molar-refractivity contribution in [1.29, 1.82) is 0 Å². The number of para-hydroxylation sites is 1. The third-order valence-electron chi connectivity index (χ3n) is 4.72. The molecule has 3 rings (SSSR count). The van der Waals surface area contributed by atoms with E-state index in [1.54, 1.807) is 24.3 Å². The van der Waals surface area contributed by atoms with Crippen LogP contribution in [0.3, 0.4) is 0 Å². The van der Waals surface area contributed by atoms with E-state index in [4.69, 9.17) is 9.47 Å². The van der Waals surface area contributed by atoms with Gasteiger partial charge in [-0.2, -0.15) is 0 Å². The third-order valence-corrected chi connectivity index (χ3v) is 4.72. The molecule has 3 aromatic rings. The molecule has 0 unspecified atom stereocenters. The molecule has 1 amide bonds. The third kappa shape index (κ3) is 7.00. The molecule has 1 N–H and O–H groups in total. The molecule has 0 saturated heterocycles. The Balaban J connectivity index is 1.52. The van der Waals surface area contributed by atoms with Crippen LogP contribution in [0.15, 0.2) is 78.9 Å². The average Bonchev–Trinajstić information content (AvgIpc) is 2.80. The van der Waals surface area contributed by atoms with Crippen LogP contribution in [0.25, 0.3) is 0 Å². The monoisotopic (exact) mass is 417 g/mol. The van der Waals surface area contributed by atoms with Crippen molar-refractivity contribution in [1.82, 2.24) is 0 Å². The highest BCUT2D eigenvalue weighted by Gasteiger charge is 2.12. The molecule has 0 aliphatic carbocycles. The number of carbonyl (C=O) groups excluding carboxylic acids is 2. The van der Waals surface area contributed by atoms with E-state index in [0.29, 0.717) is 30.0 Å². The van der Waals surface area contributed by atoms with Gasteiger partial charge in [-0.3, -0.25) is 4.79 Å². The van der Waals surface area contributed by atoms with Crippen LogP contribution in [0.1, 0.15) is 41.3 Å². The first-order valence-electron chi connectivity index (χ1n) is 10.5. The molecular formula is C26H27NO4. The van der Waals surface area contributed by atoms with Crippen molar-refractivity contribution in [3.05, 3.63) is 95.6 Å². The standard InChI is InChI=1S/C26H27NO4/c1-2-3-17-30-23-15-13-21(14-16-23)26(29)31-19-25(28)27-24-12-8-7-11-22(24)18-20-9-5-4-6-10-20/h4-16H,2-3,17-19H2,1H3,(H,27,28). The summed E-state index contributed by atoms with van der Waals surface area (Å²) in [5, 5.41) is 2.84. The molecule has 0 atom stereocenters. The smallest absolute Gasteiger partial charge is 0.338 e. The Labute approximate surface area is 183 Å². The molecule has 0 aromatic heterocycles. The maximum Gasteiger partial charge on any atom is 0.338 e. The number of amides is 1. The Morgan fingerprint density at radius 1 is 0.871 bits per heavy atom. The number of rotatable bonds is 10. The summed E-state index contributed by atoms with van der Waals surface area (Å²) in [5.41, 5.74) is 3.23. The van der Waals surface area contributed by atoms with Gasteiger partial charge >= 0.3 is 5.97 Å². The van der Waals surface area contributed by atoms with Crippen LogP contribution < -0.4 is 10.1 Å². The Morgan fingerprint density at radius 2 is 1.58 bits per heavy atom. The second-order valence-corrected chi connectivity index (χ2v) is 7.17. The molecule has 0 saturated carbocycles. The summed E-state index contributed by atoms with van der Waals surface area (Å²) in [4.78, 5) is 24.6. The Morgan fingerprint density at radius 3 is 2.32 bits per heavy atom. The van der Waals surface area contributed by atoms with Crippen molar-refractivity contribution < 1.29 is 19.1 Å². The van der Waals surface area contributed by atoms with Crippen molar-refractivity contribution in [2.75, 3.05) is 18.5 Å². The fraction of sp³-hybridized carbons (Fsp3) is 0.231. The zero-order chi connectivity index (χ0) is 21.9. The SMILES string of the molecule is CCCCOc1ccc(C(=O)OCC(=O)Nc2ccccc2Cc2ccccc2)cc1. The van der Waals surface area contributed by atoms with Gasteiger partial charge in [-0.25, -0.2) is 4.79 Å². The van der Waals surface area contributed by atoms with Gasteiger partial charge in [-0.15, -0.1) is 0 Å². The highest BCUT2D eigenvalue weighted by Crippen LogP contribution is 2.19. The first-order chi connectivity index (χ1) is 15.2. The lowest BCUT2D eigenvalue weighted by molar-refractivity contribution is -0.119. The molecular weight excluding hydrogens is 390 g/mol. The number of carbonyl (C=O) groups is 2. The number of nitrogens with one attached hydrogen (secondary N) is 1. The predicted molar refractivity (Wildman–Crippen MR) is 121 cm³/mol. The Hall–Kier alpha value is -3.60. The summed E-state index contributed by atoms with van der Waals surface area (Å²) in [6, 6.07) is 24.4. The average molecular weight is 418 g/mol. The topological polar surface area (TPSA) is 64.6 Å². The molecule has 0 radical (unpaired) electrons. The molecule has 5 nitrogen and oxygen atoms in total. The normalized spacial score (nSPS) is 10.4. The lowest BCUT2D eigenvalue weighted by Gasteiger charge is -2.12. The fourth-order valence-electron chi connectivity index (χ4n) is 3.03. The van der Waals surface area contributed by atoms with Crippen LogP contribution in [0.2, 0.25) is 0 Å². The molecule has 3 aromatic carbocycles. The van der Waals surface area contributed by atoms with Crippen LogP contribution in [-0.2, 0) is 16.0 Å². The van der Waals surface area contributed by atoms with Crippen LogP contribution >= 0.6 is 0 Å². The van der Waals surface area contributed by atoms with Crippen molar-refractivity contribution in [3.63, 3.8) is 0 Å². The molecule has 160 valence electrons. The van der Waals surface area contributed by atoms with E-state index >= 15 is 0 Å². The first-order valence-corrected chi connectivity index (χ1v) is 10.5. The van der Waals surface area contributed by atoms with Gasteiger partial charge in [0.2, 0.25) is 0 Å². The maximum atomic E-state index is 12.3. The molecule has 0 aliphatic rings. The number of esters is 1. The predicted octanol–water partition coefficient (Wildman–Crippen LogP) is 5.25. The molecule has 5 heteroatoms. The summed E-state index contributed by atoms with van der Waals surface area (Å²) >= 11 is 0. The van der Waals surface area contributed by atoms with Crippen molar-refractivity contribution >= 4 is 17.6 Å². The van der Waals surface area contributed by atoms with Gasteiger partial charge in [-0.1, -0.05) is 61.9 Å². The van der Waals surface area contributed by atoms with Crippen LogP contribution in [-0.4, -0.2) is 25.1 Å². The van der Waals surface area contributed by atoms with Gasteiger partial charge in [0.1, 0.15) is 5.75 Å². The van der Waals surface area contributed by atoms with Crippen molar-refractivity contribution in [2.45, 2.75) is 26.2 Å². The summed E-state index contributed by atoms with van der Waals surface area (Å²) in [6.45, 7) is 2.39. The number of ether oxygens (including phenoxy) is 2. The zero-order valence-electron chi connectivity index (χ0n) is 17.7. The highest BCUT2D eigenvalue weighted by atomic mass is 16.5. The van der Waals surface area contributed by atoms with E-state index in [1.165, 1.54) is 0 Å². The number of benzene rings is 3. The first kappa shape index (κ1) is 22.1. The summed E-state index contributed by atoms with van der Waals surface area (Å²) < 4.78 is 10.8. The van der Waals surface area contributed by atoms with Gasteiger partial charge in [-0.05, 0) is 54.3 Å². The molecule has 0 aliphatic heterocycles. The van der Waals surface area contributed by atoms with Crippen molar-refractivity contribution in [3.8, 4) is 5.75 Å². The minimum absolute atomic E-state index is 0.354. The maximum absolute atomic E-state index is 12.3. The Bertz CT molecular complexity index is 984. The van der Waals surface area contributed by atoms with E-state index in [9.17, 15) is 9.59 Å². The quantitative estimate of drug-likeness (QED) is 0.361. The van der Waals surface area contributed by atoms with Gasteiger partial charge in [0, 0.05) is 5.69 Å². The minimum atomic E-state index is -0.548. The van der Waals surface area contributed by atoms with Crippen LogP contribution in [0, 0.1) is 0 Å². The van der Waals surface area contributed by atoms with E-state index in [0.717, 1.165) is 24.0 Å². The number of unbranched alkanes of at least 4 members (excludes halogenated alkanes) is 1. The van der Waals surface area contributed by atoms with E-state index < -0.39 is 5.97 Å². The molecule has 31 heavy (non-hydrogen) atoms. The fourth-order valence-corrected chi connectivity index (χ4v) is 3.03. The summed E-state index contributed by atoms with van der Waals surface area (Å²) in [5.74, 6) is -0.223. The van der Waals surface area contributed by atoms with Gasteiger partial charge < -0.3 is 14.8 Å². The van der Waals surface area contributed by atoms with Crippen molar-refractivity contribution in [2.24, 2.45) is 0 Å². The largest absolute Gasteiger partial charge is 0.494 e. The van der Waals surface area contributed by atoms with E-state index in [2.05, 4.69) is 12.2 Å². The van der Waals surface area contributed by atoms with Gasteiger partial charge in [0.05, 0.1) is 12.2 Å². The number of hydrogen-bond acceptors (Lipinski definition) is 4. The van der Waals surface area contributed by atoms with Gasteiger partial charge in [0.15, 0.2) is 6.61 Å². The molecule has 0 bridgehead atoms. The molecule has 0 fully saturated rings. The lowest BCUT2D eigenvalue weighted by atomic mass is 10.0. The summed E-state index contributed by atoms with van der Waals surface area (Å²) in [6.07, 6.45) is 2.74. The lowest BCUT2D eigenvalue weighted by Crippen LogP contribution is -2.21. The minimum Gasteiger partial charge on any atom is -0.494 e. The van der Waals surface area contributed by atoms with E-state index in [-0.39, 0.29) is 12.5 Å². The summed E-state index contributed by atoms with van der Waals surface area (Å²) in [7, 11) is 0. The molecule has 0 heterocycles. The second-order valence-electron chi connectivity index (χ2n) is 7.17. The van der Waals surface area contributed by atoms with E-state index in [1.807, 2.05) is 54.6 Å². The number of anilines is 1. The van der Waals surface area contributed by atoms with Crippen LogP contribution in [0.4, 0.5) is 5.69 Å². The van der Waals surface area contributed by atoms with Crippen LogP contribution in [0.5, 0.6) is 5.75 Å². The zero-order valence-corrected chi connectivity index (χ0v) is 17.7. The number of hydrogen-bond donors (Lipinski definition) is 1.